The standard InChI is InChI=1S/C79H62N4O2/c1-77(2,3)53-41-45-59(46-42-53)82(57-33-15-9-16-34-57)67-49-65-69(73-71(67)80-75(84-73)63-39-23-27-51-25-19-21-37-61(51)63)70-66(79(65,55-29-11-7-12-30-55)56-31-13-8-14-32-56)50-68(72-74(70)85-76(81-72)64-40-24-28-52-26-20-22-38-62(52)64)83(58-35-17-10-18-36-58)60-47-43-54(44-48-60)78(4,5)6/h7-50H,1-6H3. The molecule has 85 heavy (non-hydrogen) atoms. The lowest BCUT2D eigenvalue weighted by Gasteiger charge is -2.35. The van der Waals surface area contributed by atoms with Crippen LogP contribution < -0.4 is 9.80 Å². The van der Waals surface area contributed by atoms with Crippen molar-refractivity contribution < 1.29 is 8.83 Å². The number of oxazole rings is 2. The van der Waals surface area contributed by atoms with E-state index in [1.165, 1.54) is 11.1 Å². The normalized spacial score (nSPS) is 12.9. The molecule has 0 bridgehead atoms. The SMILES string of the molecule is CC(C)(C)c1ccc(N(c2ccccc2)c2cc3c(c4oc(-c5cccc6ccccc56)nc24)-c2c(cc(N(c4ccccc4)c4ccc(C(C)(C)C)cc4)c4nc(-c5cccc6ccccc56)oc24)C3(c2ccccc2)c2ccccc2)cc1. The van der Waals surface area contributed by atoms with Crippen molar-refractivity contribution in [3.63, 3.8) is 0 Å². The summed E-state index contributed by atoms with van der Waals surface area (Å²) in [6.07, 6.45) is 0. The maximum absolute atomic E-state index is 7.70. The Kier molecular flexibility index (Phi) is 12.1. The largest absolute Gasteiger partial charge is 0.435 e. The quantitative estimate of drug-likeness (QED) is 0.136. The third kappa shape index (κ3) is 8.45. The van der Waals surface area contributed by atoms with E-state index in [0.29, 0.717) is 34.0 Å². The van der Waals surface area contributed by atoms with Gasteiger partial charge in [0, 0.05) is 45.0 Å². The minimum atomic E-state index is -0.991. The van der Waals surface area contributed by atoms with Crippen molar-refractivity contribution in [2.24, 2.45) is 0 Å². The number of anilines is 6. The number of aromatic nitrogens is 2. The van der Waals surface area contributed by atoms with Gasteiger partial charge in [-0.25, -0.2) is 9.97 Å². The van der Waals surface area contributed by atoms with E-state index in [0.717, 1.165) is 100 Å². The maximum atomic E-state index is 7.70. The van der Waals surface area contributed by atoms with Crippen LogP contribution in [-0.4, -0.2) is 9.97 Å². The summed E-state index contributed by atoms with van der Waals surface area (Å²) in [7, 11) is 0. The molecule has 410 valence electrons. The molecule has 1 aliphatic carbocycles. The Bertz CT molecular complexity index is 4500. The maximum Gasteiger partial charge on any atom is 0.228 e. The van der Waals surface area contributed by atoms with Gasteiger partial charge >= 0.3 is 0 Å². The van der Waals surface area contributed by atoms with Crippen molar-refractivity contribution in [2.45, 2.75) is 57.8 Å². The fourth-order valence-corrected chi connectivity index (χ4v) is 13.1. The molecular formula is C79H62N4O2. The fraction of sp³-hybridized carbons (Fsp3) is 0.114. The highest BCUT2D eigenvalue weighted by Crippen LogP contribution is 2.63. The number of nitrogens with zero attached hydrogens (tertiary/aromatic N) is 4. The third-order valence-electron chi connectivity index (χ3n) is 17.3. The van der Waals surface area contributed by atoms with Crippen LogP contribution in [-0.2, 0) is 16.2 Å². The van der Waals surface area contributed by atoms with E-state index < -0.39 is 5.41 Å². The topological polar surface area (TPSA) is 58.5 Å². The number of para-hydroxylation sites is 2. The zero-order valence-electron chi connectivity index (χ0n) is 48.5. The highest BCUT2D eigenvalue weighted by Gasteiger charge is 2.51. The van der Waals surface area contributed by atoms with Gasteiger partial charge in [-0.3, -0.25) is 0 Å². The predicted octanol–water partition coefficient (Wildman–Crippen LogP) is 21.5. The Morgan fingerprint density at radius 3 is 1.05 bits per heavy atom. The van der Waals surface area contributed by atoms with Crippen LogP contribution in [0.4, 0.5) is 34.1 Å². The second kappa shape index (κ2) is 20.0. The van der Waals surface area contributed by atoms with Crippen LogP contribution >= 0.6 is 0 Å². The number of fused-ring (bicyclic) bond motifs is 9. The molecule has 0 aliphatic heterocycles. The van der Waals surface area contributed by atoms with Crippen molar-refractivity contribution in [3.05, 3.63) is 300 Å². The van der Waals surface area contributed by atoms with Gasteiger partial charge in [0.1, 0.15) is 11.0 Å². The molecule has 0 N–H and O–H groups in total. The van der Waals surface area contributed by atoms with Crippen LogP contribution in [0.2, 0.25) is 0 Å². The summed E-state index contributed by atoms with van der Waals surface area (Å²) in [5.74, 6) is 1.04. The van der Waals surface area contributed by atoms with Gasteiger partial charge in [0.15, 0.2) is 11.2 Å². The number of benzene rings is 12. The van der Waals surface area contributed by atoms with Gasteiger partial charge in [0.2, 0.25) is 11.8 Å². The molecule has 14 aromatic rings. The van der Waals surface area contributed by atoms with Gasteiger partial charge in [-0.15, -0.1) is 0 Å². The predicted molar refractivity (Wildman–Crippen MR) is 352 cm³/mol. The first kappa shape index (κ1) is 51.6. The van der Waals surface area contributed by atoms with Gasteiger partial charge in [0.25, 0.3) is 0 Å². The van der Waals surface area contributed by atoms with Crippen LogP contribution in [0, 0.1) is 0 Å². The molecule has 2 heterocycles. The monoisotopic (exact) mass is 1100 g/mol. The summed E-state index contributed by atoms with van der Waals surface area (Å²) in [5, 5.41) is 4.30. The van der Waals surface area contributed by atoms with Crippen LogP contribution in [0.1, 0.15) is 74.9 Å². The summed E-state index contributed by atoms with van der Waals surface area (Å²) in [6.45, 7) is 13.6. The lowest BCUT2D eigenvalue weighted by Crippen LogP contribution is -2.29. The first-order valence-electron chi connectivity index (χ1n) is 29.4. The summed E-state index contributed by atoms with van der Waals surface area (Å²) in [5.41, 5.74) is 17.6. The smallest absolute Gasteiger partial charge is 0.228 e. The molecule has 0 fully saturated rings. The average Bonchev–Trinajstić information content (AvgIpc) is 1.52. The van der Waals surface area contributed by atoms with Crippen LogP contribution in [0.25, 0.3) is 77.8 Å². The first-order chi connectivity index (χ1) is 41.4. The van der Waals surface area contributed by atoms with Crippen molar-refractivity contribution in [1.82, 2.24) is 9.97 Å². The van der Waals surface area contributed by atoms with Crippen molar-refractivity contribution in [2.75, 3.05) is 9.80 Å². The Morgan fingerprint density at radius 1 is 0.341 bits per heavy atom. The Balaban J connectivity index is 1.14. The minimum absolute atomic E-state index is 0.0580. The Labute approximate surface area is 495 Å². The highest BCUT2D eigenvalue weighted by atomic mass is 16.4. The lowest BCUT2D eigenvalue weighted by atomic mass is 9.67. The second-order valence-electron chi connectivity index (χ2n) is 24.5. The zero-order valence-corrected chi connectivity index (χ0v) is 48.5. The van der Waals surface area contributed by atoms with E-state index in [-0.39, 0.29) is 10.8 Å². The molecule has 0 spiro atoms. The lowest BCUT2D eigenvalue weighted by molar-refractivity contribution is 0.590. The van der Waals surface area contributed by atoms with Gasteiger partial charge in [-0.2, -0.15) is 0 Å². The summed E-state index contributed by atoms with van der Waals surface area (Å²) in [4.78, 5) is 16.2. The average molecular weight is 1100 g/mol. The van der Waals surface area contributed by atoms with Gasteiger partial charge in [-0.1, -0.05) is 236 Å². The van der Waals surface area contributed by atoms with E-state index in [2.05, 4.69) is 318 Å². The molecule has 1 aliphatic rings. The van der Waals surface area contributed by atoms with Crippen molar-refractivity contribution in [1.29, 1.82) is 0 Å². The Morgan fingerprint density at radius 2 is 0.671 bits per heavy atom. The van der Waals surface area contributed by atoms with Gasteiger partial charge in [-0.05, 0) is 139 Å². The molecule has 0 unspecified atom stereocenters. The summed E-state index contributed by atoms with van der Waals surface area (Å²) < 4.78 is 15.4. The Hall–Kier alpha value is -10.3. The molecule has 6 nitrogen and oxygen atoms in total. The molecular weight excluding hydrogens is 1040 g/mol. The van der Waals surface area contributed by atoms with Crippen molar-refractivity contribution >= 4 is 77.9 Å². The molecule has 0 saturated carbocycles. The number of hydrogen-bond acceptors (Lipinski definition) is 6. The third-order valence-corrected chi connectivity index (χ3v) is 17.3. The minimum Gasteiger partial charge on any atom is -0.435 e. The zero-order chi connectivity index (χ0) is 57.6. The van der Waals surface area contributed by atoms with Gasteiger partial charge < -0.3 is 18.6 Å². The van der Waals surface area contributed by atoms with E-state index in [9.17, 15) is 0 Å². The first-order valence-corrected chi connectivity index (χ1v) is 29.4. The van der Waals surface area contributed by atoms with E-state index in [1.54, 1.807) is 0 Å². The van der Waals surface area contributed by atoms with E-state index in [1.807, 2.05) is 0 Å². The highest BCUT2D eigenvalue weighted by molar-refractivity contribution is 6.15. The van der Waals surface area contributed by atoms with Gasteiger partial charge in [0.05, 0.1) is 16.8 Å². The summed E-state index contributed by atoms with van der Waals surface area (Å²) >= 11 is 0. The summed E-state index contributed by atoms with van der Waals surface area (Å²) in [6, 6.07) is 95.9. The van der Waals surface area contributed by atoms with E-state index >= 15 is 0 Å². The molecule has 15 rings (SSSR count). The molecule has 2 aromatic heterocycles. The molecule has 0 saturated heterocycles. The van der Waals surface area contributed by atoms with Crippen LogP contribution in [0.5, 0.6) is 0 Å². The molecule has 0 amide bonds. The van der Waals surface area contributed by atoms with E-state index in [4.69, 9.17) is 18.8 Å². The molecule has 12 aromatic carbocycles. The van der Waals surface area contributed by atoms with Crippen LogP contribution in [0.3, 0.4) is 0 Å². The molecule has 0 atom stereocenters. The fourth-order valence-electron chi connectivity index (χ4n) is 13.1. The van der Waals surface area contributed by atoms with Crippen molar-refractivity contribution in [3.8, 4) is 34.0 Å². The molecule has 6 heteroatoms. The second-order valence-corrected chi connectivity index (χ2v) is 24.5. The number of rotatable bonds is 10. The number of hydrogen-bond donors (Lipinski definition) is 0. The molecule has 0 radical (unpaired) electrons. The van der Waals surface area contributed by atoms with Crippen LogP contribution in [0.15, 0.2) is 276 Å².